The molecule has 188 valence electrons. The third kappa shape index (κ3) is 6.24. The van der Waals surface area contributed by atoms with Crippen molar-refractivity contribution in [2.45, 2.75) is 13.8 Å². The van der Waals surface area contributed by atoms with Gasteiger partial charge in [-0.3, -0.25) is 0 Å². The number of hydrogen-bond acceptors (Lipinski definition) is 4. The zero-order valence-electron chi connectivity index (χ0n) is 20.4. The van der Waals surface area contributed by atoms with E-state index in [1.54, 1.807) is 12.1 Å². The van der Waals surface area contributed by atoms with Gasteiger partial charge < -0.3 is 30.5 Å². The zero-order chi connectivity index (χ0) is 25.5. The molecule has 1 fully saturated rings. The van der Waals surface area contributed by atoms with Gasteiger partial charge in [0.2, 0.25) is 0 Å². The first-order chi connectivity index (χ1) is 17.4. The minimum Gasteiger partial charge on any atom is -0.492 e. The second kappa shape index (κ2) is 11.4. The van der Waals surface area contributed by atoms with Gasteiger partial charge in [-0.25, -0.2) is 14.0 Å². The van der Waals surface area contributed by atoms with Crippen LogP contribution < -0.4 is 25.6 Å². The molecule has 0 unspecified atom stereocenters. The highest BCUT2D eigenvalue weighted by Gasteiger charge is 2.21. The molecular formula is C27H30FN5O3. The Bertz CT molecular complexity index is 1210. The van der Waals surface area contributed by atoms with Crippen molar-refractivity contribution in [3.05, 3.63) is 78.1 Å². The number of para-hydroxylation sites is 1. The number of aryl methyl sites for hydroxylation is 1. The van der Waals surface area contributed by atoms with Crippen LogP contribution in [0.3, 0.4) is 0 Å². The fourth-order valence-corrected chi connectivity index (χ4v) is 4.00. The maximum absolute atomic E-state index is 13.6. The Morgan fingerprint density at radius 1 is 0.889 bits per heavy atom. The van der Waals surface area contributed by atoms with Crippen LogP contribution in [-0.2, 0) is 0 Å². The largest absolute Gasteiger partial charge is 0.492 e. The Morgan fingerprint density at radius 2 is 1.61 bits per heavy atom. The van der Waals surface area contributed by atoms with Crippen LogP contribution in [0.15, 0.2) is 66.7 Å². The number of halogens is 1. The predicted octanol–water partition coefficient (Wildman–Crippen LogP) is 5.53. The van der Waals surface area contributed by atoms with Crippen LogP contribution in [0.1, 0.15) is 12.5 Å². The van der Waals surface area contributed by atoms with E-state index < -0.39 is 11.8 Å². The van der Waals surface area contributed by atoms with Crippen molar-refractivity contribution in [2.24, 2.45) is 0 Å². The van der Waals surface area contributed by atoms with Crippen molar-refractivity contribution in [1.82, 2.24) is 4.90 Å². The molecule has 1 saturated heterocycles. The molecule has 0 spiro atoms. The lowest BCUT2D eigenvalue weighted by Gasteiger charge is -2.36. The average Bonchev–Trinajstić information content (AvgIpc) is 2.87. The van der Waals surface area contributed by atoms with Gasteiger partial charge in [0.15, 0.2) is 0 Å². The van der Waals surface area contributed by atoms with E-state index in [0.717, 1.165) is 16.9 Å². The number of benzene rings is 3. The Kier molecular flexibility index (Phi) is 7.89. The van der Waals surface area contributed by atoms with Crippen LogP contribution in [0, 0.1) is 12.7 Å². The molecule has 4 rings (SSSR count). The number of nitrogens with one attached hydrogen (secondary N) is 3. The zero-order valence-corrected chi connectivity index (χ0v) is 20.4. The number of carbonyl (C=O) groups excluding carboxylic acids is 2. The number of anilines is 4. The molecular weight excluding hydrogens is 461 g/mol. The molecule has 0 saturated carbocycles. The van der Waals surface area contributed by atoms with E-state index in [9.17, 15) is 14.0 Å². The van der Waals surface area contributed by atoms with Gasteiger partial charge in [0, 0.05) is 49.3 Å². The van der Waals surface area contributed by atoms with Crippen molar-refractivity contribution in [1.29, 1.82) is 0 Å². The minimum atomic E-state index is -0.498. The van der Waals surface area contributed by atoms with Gasteiger partial charge in [0.1, 0.15) is 11.6 Å². The molecule has 4 amide bonds. The summed E-state index contributed by atoms with van der Waals surface area (Å²) in [6, 6.07) is 18.6. The normalized spacial score (nSPS) is 13.2. The van der Waals surface area contributed by atoms with Gasteiger partial charge in [0.25, 0.3) is 0 Å². The van der Waals surface area contributed by atoms with Crippen LogP contribution >= 0.6 is 0 Å². The summed E-state index contributed by atoms with van der Waals surface area (Å²) in [5.74, 6) is -0.0676. The number of urea groups is 2. The van der Waals surface area contributed by atoms with Gasteiger partial charge in [0.05, 0.1) is 12.3 Å². The van der Waals surface area contributed by atoms with Gasteiger partial charge in [-0.15, -0.1) is 0 Å². The molecule has 0 aliphatic carbocycles. The Hall–Kier alpha value is -4.27. The second-order valence-corrected chi connectivity index (χ2v) is 8.42. The van der Waals surface area contributed by atoms with Crippen molar-refractivity contribution in [3.63, 3.8) is 0 Å². The van der Waals surface area contributed by atoms with Crippen LogP contribution in [0.4, 0.5) is 36.7 Å². The smallest absolute Gasteiger partial charge is 0.323 e. The molecule has 0 atom stereocenters. The topological polar surface area (TPSA) is 85.9 Å². The van der Waals surface area contributed by atoms with Gasteiger partial charge in [-0.2, -0.15) is 0 Å². The molecule has 3 aromatic rings. The highest BCUT2D eigenvalue weighted by molar-refractivity contribution is 6.00. The standard InChI is InChI=1S/C27H30FN5O3/c1-3-36-25-13-8-20(28)18-24(25)30-26(34)29-21-9-11-22(12-10-21)32-14-16-33(17-15-32)27(35)31-23-7-5-4-6-19(23)2/h4-13,18H,3,14-17H2,1-2H3,(H,31,35)(H2,29,30,34). The summed E-state index contributed by atoms with van der Waals surface area (Å²) < 4.78 is 19.1. The first kappa shape index (κ1) is 24.8. The minimum absolute atomic E-state index is 0.0969. The molecule has 3 N–H and O–H groups in total. The molecule has 9 heteroatoms. The van der Waals surface area contributed by atoms with Crippen molar-refractivity contribution < 1.29 is 18.7 Å². The molecule has 1 aliphatic heterocycles. The molecule has 0 bridgehead atoms. The van der Waals surface area contributed by atoms with Crippen LogP contribution in [0.5, 0.6) is 5.75 Å². The summed E-state index contributed by atoms with van der Waals surface area (Å²) in [5.41, 5.74) is 3.71. The third-order valence-corrected chi connectivity index (χ3v) is 5.93. The molecule has 8 nitrogen and oxygen atoms in total. The predicted molar refractivity (Wildman–Crippen MR) is 141 cm³/mol. The molecule has 1 heterocycles. The van der Waals surface area contributed by atoms with Gasteiger partial charge in [-0.05, 0) is 61.9 Å². The Morgan fingerprint density at radius 3 is 2.31 bits per heavy atom. The summed E-state index contributed by atoms with van der Waals surface area (Å²) in [6.45, 7) is 6.80. The molecule has 36 heavy (non-hydrogen) atoms. The van der Waals surface area contributed by atoms with E-state index in [0.29, 0.717) is 44.2 Å². The number of rotatable bonds is 6. The van der Waals surface area contributed by atoms with Gasteiger partial charge >= 0.3 is 12.1 Å². The van der Waals surface area contributed by atoms with E-state index in [-0.39, 0.29) is 11.7 Å². The third-order valence-electron chi connectivity index (χ3n) is 5.93. The van der Waals surface area contributed by atoms with Crippen molar-refractivity contribution >= 4 is 34.8 Å². The SMILES string of the molecule is CCOc1ccc(F)cc1NC(=O)Nc1ccc(N2CCN(C(=O)Nc3ccccc3C)CC2)cc1. The van der Waals surface area contributed by atoms with Gasteiger partial charge in [-0.1, -0.05) is 18.2 Å². The lowest BCUT2D eigenvalue weighted by molar-refractivity contribution is 0.208. The van der Waals surface area contributed by atoms with Crippen LogP contribution in [0.25, 0.3) is 0 Å². The van der Waals surface area contributed by atoms with E-state index in [1.807, 2.05) is 55.1 Å². The molecule has 3 aromatic carbocycles. The van der Waals surface area contributed by atoms with E-state index in [2.05, 4.69) is 20.9 Å². The first-order valence-electron chi connectivity index (χ1n) is 11.9. The number of amides is 4. The van der Waals surface area contributed by atoms with E-state index in [1.165, 1.54) is 18.2 Å². The highest BCUT2D eigenvalue weighted by atomic mass is 19.1. The summed E-state index contributed by atoms with van der Waals surface area (Å²) in [4.78, 5) is 29.1. The molecule has 1 aliphatic rings. The number of piperazine rings is 1. The molecule has 0 radical (unpaired) electrons. The van der Waals surface area contributed by atoms with E-state index in [4.69, 9.17) is 4.74 Å². The monoisotopic (exact) mass is 491 g/mol. The summed E-state index contributed by atoms with van der Waals surface area (Å²) >= 11 is 0. The lowest BCUT2D eigenvalue weighted by Crippen LogP contribution is -2.50. The van der Waals surface area contributed by atoms with Crippen molar-refractivity contribution in [2.75, 3.05) is 53.6 Å². The number of hydrogen-bond donors (Lipinski definition) is 3. The number of ether oxygens (including phenoxy) is 1. The fourth-order valence-electron chi connectivity index (χ4n) is 4.00. The van der Waals surface area contributed by atoms with Crippen LogP contribution in [0.2, 0.25) is 0 Å². The Balaban J connectivity index is 1.29. The lowest BCUT2D eigenvalue weighted by atomic mass is 10.2. The summed E-state index contributed by atoms with van der Waals surface area (Å²) in [6.07, 6.45) is 0. The average molecular weight is 492 g/mol. The Labute approximate surface area is 210 Å². The number of nitrogens with zero attached hydrogens (tertiary/aromatic N) is 2. The number of carbonyl (C=O) groups is 2. The summed E-state index contributed by atoms with van der Waals surface area (Å²) in [5, 5.41) is 8.37. The summed E-state index contributed by atoms with van der Waals surface area (Å²) in [7, 11) is 0. The van der Waals surface area contributed by atoms with E-state index >= 15 is 0 Å². The van der Waals surface area contributed by atoms with Crippen LogP contribution in [-0.4, -0.2) is 49.7 Å². The first-order valence-corrected chi connectivity index (χ1v) is 11.9. The maximum Gasteiger partial charge on any atom is 0.323 e. The second-order valence-electron chi connectivity index (χ2n) is 8.42. The highest BCUT2D eigenvalue weighted by Crippen LogP contribution is 2.26. The van der Waals surface area contributed by atoms with Crippen molar-refractivity contribution in [3.8, 4) is 5.75 Å². The quantitative estimate of drug-likeness (QED) is 0.423. The molecule has 0 aromatic heterocycles. The fraction of sp³-hybridized carbons (Fsp3) is 0.259. The maximum atomic E-state index is 13.6.